The van der Waals surface area contributed by atoms with E-state index in [4.69, 9.17) is 16.3 Å². The molecule has 10 heteroatoms. The quantitative estimate of drug-likeness (QED) is 0.286. The van der Waals surface area contributed by atoms with E-state index in [1.54, 1.807) is 24.3 Å². The Balaban J connectivity index is 1.55. The first-order valence-corrected chi connectivity index (χ1v) is 11.0. The number of nitro benzene ring substituents is 1. The van der Waals surface area contributed by atoms with Gasteiger partial charge in [0.1, 0.15) is 5.75 Å². The first kappa shape index (κ1) is 21.5. The maximum atomic E-state index is 13.6. The van der Waals surface area contributed by atoms with Crippen LogP contribution < -0.4 is 9.64 Å². The zero-order valence-electron chi connectivity index (χ0n) is 17.6. The van der Waals surface area contributed by atoms with Crippen LogP contribution in [0.4, 0.5) is 11.4 Å². The van der Waals surface area contributed by atoms with E-state index in [-0.39, 0.29) is 28.9 Å². The fourth-order valence-electron chi connectivity index (χ4n) is 5.50. The third-order valence-electron chi connectivity index (χ3n) is 6.86. The van der Waals surface area contributed by atoms with Crippen LogP contribution in [-0.2, 0) is 9.59 Å². The van der Waals surface area contributed by atoms with Crippen molar-refractivity contribution in [3.05, 3.63) is 63.2 Å². The van der Waals surface area contributed by atoms with Crippen molar-refractivity contribution < 1.29 is 24.0 Å². The number of fused-ring (bicyclic) bond motifs is 3. The first-order valence-electron chi connectivity index (χ1n) is 10.6. The van der Waals surface area contributed by atoms with Crippen LogP contribution >= 0.6 is 11.6 Å². The molecule has 3 saturated heterocycles. The lowest BCUT2D eigenvalue weighted by molar-refractivity contribution is -0.384. The average Bonchev–Trinajstić information content (AvgIpc) is 3.45. The van der Waals surface area contributed by atoms with Gasteiger partial charge in [0.2, 0.25) is 11.8 Å². The van der Waals surface area contributed by atoms with E-state index in [9.17, 15) is 24.5 Å². The van der Waals surface area contributed by atoms with Gasteiger partial charge in [-0.2, -0.15) is 0 Å². The molecular formula is C23H20ClN3O6. The summed E-state index contributed by atoms with van der Waals surface area (Å²) >= 11 is 5.96. The molecule has 9 nitrogen and oxygen atoms in total. The van der Waals surface area contributed by atoms with Crippen LogP contribution in [0.25, 0.3) is 0 Å². The Morgan fingerprint density at radius 3 is 2.48 bits per heavy atom. The van der Waals surface area contributed by atoms with Crippen molar-refractivity contribution in [2.45, 2.75) is 24.9 Å². The van der Waals surface area contributed by atoms with E-state index in [1.807, 2.05) is 4.90 Å². The Kier molecular flexibility index (Phi) is 5.18. The summed E-state index contributed by atoms with van der Waals surface area (Å²) in [6.07, 6.45) is 1.55. The second-order valence-corrected chi connectivity index (χ2v) is 8.88. The lowest BCUT2D eigenvalue weighted by atomic mass is 9.85. The number of benzene rings is 2. The maximum Gasteiger partial charge on any atom is 0.273 e. The molecule has 0 spiro atoms. The zero-order valence-corrected chi connectivity index (χ0v) is 18.4. The van der Waals surface area contributed by atoms with Gasteiger partial charge in [-0.1, -0.05) is 11.6 Å². The predicted octanol–water partition coefficient (Wildman–Crippen LogP) is 3.09. The number of non-ortho nitro benzene ring substituents is 1. The lowest BCUT2D eigenvalue weighted by Crippen LogP contribution is -2.46. The highest BCUT2D eigenvalue weighted by Gasteiger charge is 2.65. The molecule has 0 aliphatic carbocycles. The monoisotopic (exact) mass is 469 g/mol. The summed E-state index contributed by atoms with van der Waals surface area (Å²) in [4.78, 5) is 54.3. The van der Waals surface area contributed by atoms with Crippen LogP contribution in [0.3, 0.4) is 0 Å². The number of imide groups is 1. The molecule has 0 saturated carbocycles. The van der Waals surface area contributed by atoms with Crippen LogP contribution in [0.5, 0.6) is 5.75 Å². The summed E-state index contributed by atoms with van der Waals surface area (Å²) in [5.74, 6) is -2.54. The molecule has 0 N–H and O–H groups in total. The van der Waals surface area contributed by atoms with Gasteiger partial charge in [0.25, 0.3) is 5.69 Å². The highest BCUT2D eigenvalue weighted by Crippen LogP contribution is 2.49. The Bertz CT molecular complexity index is 1180. The van der Waals surface area contributed by atoms with Crippen molar-refractivity contribution in [2.75, 3.05) is 18.6 Å². The summed E-state index contributed by atoms with van der Waals surface area (Å²) in [5.41, 5.74) is 0.365. The van der Waals surface area contributed by atoms with Gasteiger partial charge >= 0.3 is 0 Å². The number of methoxy groups -OCH3 is 1. The summed E-state index contributed by atoms with van der Waals surface area (Å²) < 4.78 is 5.27. The number of carbonyl (C=O) groups excluding carboxylic acids is 3. The third kappa shape index (κ3) is 3.22. The van der Waals surface area contributed by atoms with Crippen molar-refractivity contribution in [2.24, 2.45) is 11.8 Å². The van der Waals surface area contributed by atoms with Crippen LogP contribution in [-0.4, -0.2) is 53.2 Å². The number of hydrogen-bond acceptors (Lipinski definition) is 7. The summed E-state index contributed by atoms with van der Waals surface area (Å²) in [5, 5.41) is 11.6. The van der Waals surface area contributed by atoms with Gasteiger partial charge in [-0.25, -0.2) is 4.90 Å². The van der Waals surface area contributed by atoms with E-state index >= 15 is 0 Å². The number of anilines is 1. The van der Waals surface area contributed by atoms with Crippen molar-refractivity contribution >= 4 is 40.6 Å². The molecule has 0 unspecified atom stereocenters. The summed E-state index contributed by atoms with van der Waals surface area (Å²) in [7, 11) is 1.32. The molecule has 170 valence electrons. The predicted molar refractivity (Wildman–Crippen MR) is 118 cm³/mol. The molecule has 2 amide bonds. The topological polar surface area (TPSA) is 110 Å². The molecule has 0 radical (unpaired) electrons. The highest BCUT2D eigenvalue weighted by molar-refractivity contribution is 6.30. The Morgan fingerprint density at radius 1 is 1.12 bits per heavy atom. The van der Waals surface area contributed by atoms with Gasteiger partial charge in [0.15, 0.2) is 5.78 Å². The van der Waals surface area contributed by atoms with Gasteiger partial charge in [-0.3, -0.25) is 29.4 Å². The van der Waals surface area contributed by atoms with Gasteiger partial charge < -0.3 is 4.74 Å². The summed E-state index contributed by atoms with van der Waals surface area (Å²) in [6.45, 7) is 0.642. The second kappa shape index (κ2) is 7.93. The second-order valence-electron chi connectivity index (χ2n) is 8.44. The fourth-order valence-corrected chi connectivity index (χ4v) is 5.63. The van der Waals surface area contributed by atoms with E-state index < -0.39 is 34.6 Å². The van der Waals surface area contributed by atoms with Crippen molar-refractivity contribution in [1.82, 2.24) is 4.90 Å². The zero-order chi connectivity index (χ0) is 23.4. The minimum absolute atomic E-state index is 0.0507. The van der Waals surface area contributed by atoms with Crippen molar-refractivity contribution in [1.29, 1.82) is 0 Å². The molecule has 33 heavy (non-hydrogen) atoms. The SMILES string of the molecule is COc1cc([N+](=O)[O-])ccc1N1C(=O)[C@@H]2[C@H](C1=O)[C@H](C(=O)c1ccc(Cl)cc1)N1CCC[C@H]21. The molecule has 2 aromatic rings. The van der Waals surface area contributed by atoms with Crippen LogP contribution in [0.1, 0.15) is 23.2 Å². The van der Waals surface area contributed by atoms with Crippen molar-refractivity contribution in [3.63, 3.8) is 0 Å². The van der Waals surface area contributed by atoms with Crippen LogP contribution in [0.2, 0.25) is 5.02 Å². The molecule has 3 aliphatic heterocycles. The molecule has 0 bridgehead atoms. The molecular weight excluding hydrogens is 450 g/mol. The third-order valence-corrected chi connectivity index (χ3v) is 7.12. The number of Topliss-reactive ketones (excluding diaryl/α,β-unsaturated/α-hetero) is 1. The average molecular weight is 470 g/mol. The van der Waals surface area contributed by atoms with Crippen LogP contribution in [0.15, 0.2) is 42.5 Å². The largest absolute Gasteiger partial charge is 0.494 e. The Morgan fingerprint density at radius 2 is 1.82 bits per heavy atom. The molecule has 3 heterocycles. The number of nitrogens with zero attached hydrogens (tertiary/aromatic N) is 3. The smallest absolute Gasteiger partial charge is 0.273 e. The van der Waals surface area contributed by atoms with E-state index in [2.05, 4.69) is 0 Å². The number of ether oxygens (including phenoxy) is 1. The number of hydrogen-bond donors (Lipinski definition) is 0. The minimum atomic E-state index is -0.828. The van der Waals surface area contributed by atoms with E-state index in [1.165, 1.54) is 25.3 Å². The van der Waals surface area contributed by atoms with E-state index in [0.717, 1.165) is 17.7 Å². The number of nitro groups is 1. The number of rotatable bonds is 5. The molecule has 0 aromatic heterocycles. The molecule has 5 rings (SSSR count). The number of ketones is 1. The van der Waals surface area contributed by atoms with Gasteiger partial charge in [0.05, 0.1) is 41.7 Å². The van der Waals surface area contributed by atoms with Gasteiger partial charge in [0, 0.05) is 22.7 Å². The standard InChI is InChI=1S/C23H20ClN3O6/c1-33-17-11-14(27(31)32)8-9-15(17)26-22(29)18-16-3-2-10-25(16)20(19(18)23(26)30)21(28)12-4-6-13(24)7-5-12/h4-9,11,16,18-20H,2-3,10H2,1H3/t16-,18+,19+,20-/m1/s1. The first-order chi connectivity index (χ1) is 15.8. The number of amides is 2. The van der Waals surface area contributed by atoms with Gasteiger partial charge in [-0.15, -0.1) is 0 Å². The number of carbonyl (C=O) groups is 3. The Hall–Kier alpha value is -3.30. The lowest BCUT2D eigenvalue weighted by Gasteiger charge is -2.28. The van der Waals surface area contributed by atoms with Gasteiger partial charge in [-0.05, 0) is 49.7 Å². The maximum absolute atomic E-state index is 13.6. The normalized spacial score (nSPS) is 26.4. The highest BCUT2D eigenvalue weighted by atomic mass is 35.5. The molecule has 3 aliphatic rings. The molecule has 2 aromatic carbocycles. The number of halogens is 1. The van der Waals surface area contributed by atoms with E-state index in [0.29, 0.717) is 17.1 Å². The van der Waals surface area contributed by atoms with Crippen LogP contribution in [0, 0.1) is 22.0 Å². The molecule has 3 fully saturated rings. The fraction of sp³-hybridized carbons (Fsp3) is 0.348. The molecule has 4 atom stereocenters. The summed E-state index contributed by atoms with van der Waals surface area (Å²) in [6, 6.07) is 9.29. The Labute approximate surface area is 194 Å². The van der Waals surface area contributed by atoms with Crippen molar-refractivity contribution in [3.8, 4) is 5.75 Å². The minimum Gasteiger partial charge on any atom is -0.494 e.